The van der Waals surface area contributed by atoms with E-state index in [1.807, 2.05) is 0 Å². The maximum Gasteiger partial charge on any atom is 0.237 e. The van der Waals surface area contributed by atoms with E-state index < -0.39 is 0 Å². The Morgan fingerprint density at radius 2 is 2.19 bits per heavy atom. The molecule has 0 aromatic rings. The molecule has 2 aliphatic rings. The molecule has 2 rings (SSSR count). The van der Waals surface area contributed by atoms with Crippen molar-refractivity contribution in [2.24, 2.45) is 5.92 Å². The summed E-state index contributed by atoms with van der Waals surface area (Å²) in [5.74, 6) is 0.963. The van der Waals surface area contributed by atoms with Gasteiger partial charge < -0.3 is 10.6 Å². The van der Waals surface area contributed by atoms with E-state index in [1.54, 1.807) is 0 Å². The predicted molar refractivity (Wildman–Crippen MR) is 65.2 cm³/mol. The van der Waals surface area contributed by atoms with Gasteiger partial charge in [-0.25, -0.2) is 0 Å². The van der Waals surface area contributed by atoms with Gasteiger partial charge in [0.25, 0.3) is 0 Å². The van der Waals surface area contributed by atoms with E-state index in [9.17, 15) is 4.79 Å². The van der Waals surface area contributed by atoms with Crippen LogP contribution in [0.3, 0.4) is 0 Å². The molecular formula is C13H24N2O. The first-order valence-electron chi connectivity index (χ1n) is 6.77. The van der Waals surface area contributed by atoms with E-state index in [1.165, 1.54) is 25.7 Å². The second kappa shape index (κ2) is 5.17. The van der Waals surface area contributed by atoms with Gasteiger partial charge in [0.2, 0.25) is 5.91 Å². The summed E-state index contributed by atoms with van der Waals surface area (Å²) in [5, 5.41) is 6.59. The molecule has 3 nitrogen and oxygen atoms in total. The predicted octanol–water partition coefficient (Wildman–Crippen LogP) is 1.82. The Bertz CT molecular complexity index is 240. The SMILES string of the molecule is CCC(C)NC(=O)C1CC2CCCCC2N1. The highest BCUT2D eigenvalue weighted by atomic mass is 16.2. The van der Waals surface area contributed by atoms with Crippen LogP contribution in [0.5, 0.6) is 0 Å². The minimum absolute atomic E-state index is 0.0714. The van der Waals surface area contributed by atoms with E-state index in [-0.39, 0.29) is 11.9 Å². The van der Waals surface area contributed by atoms with Gasteiger partial charge in [-0.05, 0) is 38.5 Å². The van der Waals surface area contributed by atoms with Gasteiger partial charge in [-0.15, -0.1) is 0 Å². The molecular weight excluding hydrogens is 200 g/mol. The monoisotopic (exact) mass is 224 g/mol. The van der Waals surface area contributed by atoms with E-state index in [2.05, 4.69) is 24.5 Å². The second-order valence-electron chi connectivity index (χ2n) is 5.42. The van der Waals surface area contributed by atoms with Gasteiger partial charge in [0.05, 0.1) is 6.04 Å². The fourth-order valence-electron chi connectivity index (χ4n) is 2.97. The largest absolute Gasteiger partial charge is 0.352 e. The molecule has 0 aromatic heterocycles. The van der Waals surface area contributed by atoms with Crippen LogP contribution in [0.15, 0.2) is 0 Å². The smallest absolute Gasteiger partial charge is 0.237 e. The molecule has 1 saturated heterocycles. The number of carbonyl (C=O) groups excluding carboxylic acids is 1. The van der Waals surface area contributed by atoms with Crippen LogP contribution in [0.25, 0.3) is 0 Å². The van der Waals surface area contributed by atoms with Gasteiger partial charge in [0.15, 0.2) is 0 Å². The van der Waals surface area contributed by atoms with Gasteiger partial charge in [-0.2, -0.15) is 0 Å². The van der Waals surface area contributed by atoms with Crippen molar-refractivity contribution in [3.8, 4) is 0 Å². The van der Waals surface area contributed by atoms with Crippen LogP contribution in [0.4, 0.5) is 0 Å². The molecule has 1 amide bonds. The van der Waals surface area contributed by atoms with Crippen LogP contribution in [-0.2, 0) is 4.79 Å². The lowest BCUT2D eigenvalue weighted by atomic mass is 9.85. The van der Waals surface area contributed by atoms with Crippen molar-refractivity contribution in [1.29, 1.82) is 0 Å². The number of hydrogen-bond donors (Lipinski definition) is 2. The zero-order valence-corrected chi connectivity index (χ0v) is 10.5. The van der Waals surface area contributed by atoms with E-state index in [0.29, 0.717) is 12.1 Å². The molecule has 0 spiro atoms. The first-order valence-corrected chi connectivity index (χ1v) is 6.77. The molecule has 1 aliphatic carbocycles. The van der Waals surface area contributed by atoms with Gasteiger partial charge in [0.1, 0.15) is 0 Å². The Hall–Kier alpha value is -0.570. The number of hydrogen-bond acceptors (Lipinski definition) is 2. The highest BCUT2D eigenvalue weighted by Gasteiger charge is 2.38. The first-order chi connectivity index (χ1) is 7.70. The molecule has 1 saturated carbocycles. The molecule has 0 radical (unpaired) electrons. The number of fused-ring (bicyclic) bond motifs is 1. The minimum Gasteiger partial charge on any atom is -0.352 e. The van der Waals surface area contributed by atoms with Crippen LogP contribution >= 0.6 is 0 Å². The molecule has 1 aliphatic heterocycles. The summed E-state index contributed by atoms with van der Waals surface area (Å²) in [4.78, 5) is 12.0. The lowest BCUT2D eigenvalue weighted by Gasteiger charge is -2.24. The minimum atomic E-state index is 0.0714. The molecule has 16 heavy (non-hydrogen) atoms. The fourth-order valence-corrected chi connectivity index (χ4v) is 2.97. The highest BCUT2D eigenvalue weighted by Crippen LogP contribution is 2.33. The highest BCUT2D eigenvalue weighted by molar-refractivity contribution is 5.82. The third-order valence-electron chi connectivity index (χ3n) is 4.18. The molecule has 2 fully saturated rings. The Morgan fingerprint density at radius 3 is 2.88 bits per heavy atom. The van der Waals surface area contributed by atoms with Gasteiger partial charge >= 0.3 is 0 Å². The summed E-state index contributed by atoms with van der Waals surface area (Å²) in [6, 6.07) is 0.987. The molecule has 3 heteroatoms. The summed E-state index contributed by atoms with van der Waals surface area (Å²) in [5.41, 5.74) is 0. The summed E-state index contributed by atoms with van der Waals surface area (Å²) in [7, 11) is 0. The van der Waals surface area contributed by atoms with Crippen LogP contribution in [-0.4, -0.2) is 24.0 Å². The molecule has 0 bridgehead atoms. The van der Waals surface area contributed by atoms with Crippen molar-refractivity contribution < 1.29 is 4.79 Å². The van der Waals surface area contributed by atoms with Crippen molar-refractivity contribution in [3.05, 3.63) is 0 Å². The van der Waals surface area contributed by atoms with Gasteiger partial charge in [-0.3, -0.25) is 4.79 Å². The number of amides is 1. The van der Waals surface area contributed by atoms with Crippen molar-refractivity contribution in [2.45, 2.75) is 70.5 Å². The topological polar surface area (TPSA) is 41.1 Å². The third-order valence-corrected chi connectivity index (χ3v) is 4.18. The number of carbonyl (C=O) groups is 1. The summed E-state index contributed by atoms with van der Waals surface area (Å²) in [6.45, 7) is 4.17. The maximum atomic E-state index is 12.0. The molecule has 1 heterocycles. The molecule has 4 unspecified atom stereocenters. The molecule has 2 N–H and O–H groups in total. The number of nitrogens with one attached hydrogen (secondary N) is 2. The molecule has 0 aromatic carbocycles. The lowest BCUT2D eigenvalue weighted by molar-refractivity contribution is -0.123. The normalized spacial score (nSPS) is 35.5. The Labute approximate surface area is 98.4 Å². The van der Waals surface area contributed by atoms with Crippen LogP contribution in [0.2, 0.25) is 0 Å². The lowest BCUT2D eigenvalue weighted by Crippen LogP contribution is -2.45. The van der Waals surface area contributed by atoms with Crippen molar-refractivity contribution in [2.75, 3.05) is 0 Å². The standard InChI is InChI=1S/C13H24N2O/c1-3-9(2)14-13(16)12-8-10-6-4-5-7-11(10)15-12/h9-12,15H,3-8H2,1-2H3,(H,14,16). The van der Waals surface area contributed by atoms with Crippen LogP contribution < -0.4 is 10.6 Å². The van der Waals surface area contributed by atoms with Crippen molar-refractivity contribution in [3.63, 3.8) is 0 Å². The van der Waals surface area contributed by atoms with Crippen LogP contribution in [0.1, 0.15) is 52.4 Å². The number of rotatable bonds is 3. The summed E-state index contributed by atoms with van der Waals surface area (Å²) < 4.78 is 0. The van der Waals surface area contributed by atoms with Crippen LogP contribution in [0, 0.1) is 5.92 Å². The van der Waals surface area contributed by atoms with E-state index in [4.69, 9.17) is 0 Å². The molecule has 4 atom stereocenters. The van der Waals surface area contributed by atoms with Gasteiger partial charge in [0, 0.05) is 12.1 Å². The van der Waals surface area contributed by atoms with Crippen molar-refractivity contribution in [1.82, 2.24) is 10.6 Å². The third kappa shape index (κ3) is 2.57. The first kappa shape index (κ1) is 11.9. The second-order valence-corrected chi connectivity index (χ2v) is 5.42. The Kier molecular flexibility index (Phi) is 3.85. The van der Waals surface area contributed by atoms with E-state index >= 15 is 0 Å². The average Bonchev–Trinajstić information content (AvgIpc) is 2.72. The van der Waals surface area contributed by atoms with Crippen molar-refractivity contribution >= 4 is 5.91 Å². The van der Waals surface area contributed by atoms with Gasteiger partial charge in [-0.1, -0.05) is 19.8 Å². The quantitative estimate of drug-likeness (QED) is 0.768. The Morgan fingerprint density at radius 1 is 1.44 bits per heavy atom. The van der Waals surface area contributed by atoms with E-state index in [0.717, 1.165) is 18.8 Å². The summed E-state index contributed by atoms with van der Waals surface area (Å²) >= 11 is 0. The summed E-state index contributed by atoms with van der Waals surface area (Å²) in [6.07, 6.45) is 7.30. The zero-order chi connectivity index (χ0) is 11.5. The Balaban J connectivity index is 1.85. The zero-order valence-electron chi connectivity index (χ0n) is 10.5. The average molecular weight is 224 g/mol. The maximum absolute atomic E-state index is 12.0. The molecule has 92 valence electrons. The fraction of sp³-hybridized carbons (Fsp3) is 0.923.